The van der Waals surface area contributed by atoms with Gasteiger partial charge in [0.1, 0.15) is 0 Å². The van der Waals surface area contributed by atoms with E-state index in [1.807, 2.05) is 0 Å². The predicted molar refractivity (Wildman–Crippen MR) is 122 cm³/mol. The third kappa shape index (κ3) is 9.24. The van der Waals surface area contributed by atoms with E-state index in [1.165, 1.54) is 4.88 Å². The van der Waals surface area contributed by atoms with Crippen LogP contribution < -0.4 is 16.0 Å². The van der Waals surface area contributed by atoms with Gasteiger partial charge in [-0.1, -0.05) is 13.0 Å². The van der Waals surface area contributed by atoms with Gasteiger partial charge in [0.2, 0.25) is 5.91 Å². The number of carbonyl (C=O) groups excluding carboxylic acids is 1. The smallest absolute Gasteiger partial charge is 0.222 e. The van der Waals surface area contributed by atoms with E-state index < -0.39 is 9.84 Å². The van der Waals surface area contributed by atoms with Crippen LogP contribution in [0.5, 0.6) is 0 Å². The second-order valence-electron chi connectivity index (χ2n) is 6.69. The minimum Gasteiger partial charge on any atom is -0.356 e. The van der Waals surface area contributed by atoms with Crippen LogP contribution in [0.4, 0.5) is 0 Å². The Balaban J connectivity index is 0.00000364. The van der Waals surface area contributed by atoms with E-state index in [1.54, 1.807) is 18.4 Å². The molecule has 1 fully saturated rings. The van der Waals surface area contributed by atoms with Gasteiger partial charge in [0.25, 0.3) is 0 Å². The molecular weight excluding hydrogens is 499 g/mol. The number of aliphatic imine (C=N–C) groups is 1. The molecule has 2 heterocycles. The van der Waals surface area contributed by atoms with Crippen molar-refractivity contribution in [3.63, 3.8) is 0 Å². The standard InChI is InChI=1S/C17H28N4O3S2.HI/c1-13(10-15-4-3-8-25-15)11-20-17(18-2)19-7-5-16(22)21-14-6-9-26(23,24)12-14;/h3-4,8,13-14H,5-7,9-12H2,1-2H3,(H,21,22)(H2,18,19,20);1H. The van der Waals surface area contributed by atoms with E-state index in [0.717, 1.165) is 13.0 Å². The highest BCUT2D eigenvalue weighted by Crippen LogP contribution is 2.13. The van der Waals surface area contributed by atoms with E-state index >= 15 is 0 Å². The molecule has 0 aromatic carbocycles. The molecule has 1 amide bonds. The molecule has 10 heteroatoms. The topological polar surface area (TPSA) is 99.7 Å². The van der Waals surface area contributed by atoms with E-state index in [9.17, 15) is 13.2 Å². The predicted octanol–water partition coefficient (Wildman–Crippen LogP) is 1.40. The molecule has 1 aliphatic heterocycles. The summed E-state index contributed by atoms with van der Waals surface area (Å²) in [5, 5.41) is 11.3. The van der Waals surface area contributed by atoms with Crippen LogP contribution in [0, 0.1) is 5.92 Å². The Morgan fingerprint density at radius 1 is 1.41 bits per heavy atom. The molecule has 0 saturated carbocycles. The van der Waals surface area contributed by atoms with Crippen molar-refractivity contribution in [2.75, 3.05) is 31.6 Å². The van der Waals surface area contributed by atoms with Crippen molar-refractivity contribution in [3.8, 4) is 0 Å². The molecule has 0 spiro atoms. The lowest BCUT2D eigenvalue weighted by Crippen LogP contribution is -2.42. The number of thiophene rings is 1. The van der Waals surface area contributed by atoms with Crippen molar-refractivity contribution in [1.82, 2.24) is 16.0 Å². The number of hydrogen-bond donors (Lipinski definition) is 3. The van der Waals surface area contributed by atoms with Gasteiger partial charge in [0.15, 0.2) is 15.8 Å². The van der Waals surface area contributed by atoms with E-state index in [4.69, 9.17) is 0 Å². The Morgan fingerprint density at radius 2 is 2.19 bits per heavy atom. The number of nitrogens with zero attached hydrogens (tertiary/aromatic N) is 1. The van der Waals surface area contributed by atoms with E-state index in [-0.39, 0.29) is 53.9 Å². The van der Waals surface area contributed by atoms with Crippen molar-refractivity contribution in [3.05, 3.63) is 22.4 Å². The zero-order valence-electron chi connectivity index (χ0n) is 15.7. The normalized spacial score (nSPS) is 19.8. The summed E-state index contributed by atoms with van der Waals surface area (Å²) in [7, 11) is -1.28. The molecule has 7 nitrogen and oxygen atoms in total. The van der Waals surface area contributed by atoms with Crippen LogP contribution in [0.2, 0.25) is 0 Å². The van der Waals surface area contributed by atoms with Gasteiger partial charge < -0.3 is 16.0 Å². The Kier molecular flexibility index (Phi) is 10.6. The van der Waals surface area contributed by atoms with Crippen molar-refractivity contribution in [2.45, 2.75) is 32.2 Å². The average Bonchev–Trinajstić information content (AvgIpc) is 3.20. The van der Waals surface area contributed by atoms with E-state index in [2.05, 4.69) is 45.4 Å². The highest BCUT2D eigenvalue weighted by atomic mass is 127. The van der Waals surface area contributed by atoms with Crippen molar-refractivity contribution >= 4 is 57.0 Å². The molecule has 0 bridgehead atoms. The van der Waals surface area contributed by atoms with Gasteiger partial charge >= 0.3 is 0 Å². The molecule has 1 aliphatic rings. The van der Waals surface area contributed by atoms with Crippen LogP contribution in [-0.2, 0) is 21.1 Å². The number of guanidine groups is 1. The molecule has 2 atom stereocenters. The molecule has 1 aromatic rings. The lowest BCUT2D eigenvalue weighted by atomic mass is 10.1. The highest BCUT2D eigenvalue weighted by molar-refractivity contribution is 14.0. The number of halogens is 1. The number of hydrogen-bond acceptors (Lipinski definition) is 5. The van der Waals surface area contributed by atoms with E-state index in [0.29, 0.717) is 24.8 Å². The van der Waals surface area contributed by atoms with Crippen LogP contribution in [0.3, 0.4) is 0 Å². The summed E-state index contributed by atoms with van der Waals surface area (Å²) in [4.78, 5) is 17.4. The Morgan fingerprint density at radius 3 is 2.78 bits per heavy atom. The molecule has 0 radical (unpaired) electrons. The van der Waals surface area contributed by atoms with Gasteiger partial charge in [-0.25, -0.2) is 8.42 Å². The molecule has 2 unspecified atom stereocenters. The summed E-state index contributed by atoms with van der Waals surface area (Å²) in [5.74, 6) is 1.22. The Labute approximate surface area is 182 Å². The third-order valence-electron chi connectivity index (χ3n) is 4.21. The fourth-order valence-corrected chi connectivity index (χ4v) is 5.38. The number of sulfone groups is 1. The molecule has 3 N–H and O–H groups in total. The Hall–Kier alpha value is -0.880. The van der Waals surface area contributed by atoms with Crippen LogP contribution in [0.25, 0.3) is 0 Å². The highest BCUT2D eigenvalue weighted by Gasteiger charge is 2.28. The zero-order valence-corrected chi connectivity index (χ0v) is 19.7. The SMILES string of the molecule is CN=C(NCCC(=O)NC1CCS(=O)(=O)C1)NCC(C)Cc1cccs1.I. The van der Waals surface area contributed by atoms with Crippen LogP contribution in [-0.4, -0.2) is 58.0 Å². The second-order valence-corrected chi connectivity index (χ2v) is 9.95. The second kappa shape index (κ2) is 11.8. The quantitative estimate of drug-likeness (QED) is 0.269. The van der Waals surface area contributed by atoms with Crippen LogP contribution in [0.15, 0.2) is 22.5 Å². The summed E-state index contributed by atoms with van der Waals surface area (Å²) >= 11 is 1.77. The summed E-state index contributed by atoms with van der Waals surface area (Å²) in [5.41, 5.74) is 0. The summed E-state index contributed by atoms with van der Waals surface area (Å²) in [6.07, 6.45) is 1.81. The zero-order chi connectivity index (χ0) is 19.0. The number of rotatable bonds is 8. The minimum atomic E-state index is -2.97. The van der Waals surface area contributed by atoms with Crippen molar-refractivity contribution < 1.29 is 13.2 Å². The fraction of sp³-hybridized carbons (Fsp3) is 0.647. The molecule has 1 saturated heterocycles. The lowest BCUT2D eigenvalue weighted by molar-refractivity contribution is -0.121. The molecule has 0 aliphatic carbocycles. The maximum atomic E-state index is 11.9. The summed E-state index contributed by atoms with van der Waals surface area (Å²) in [6.45, 7) is 3.43. The first-order chi connectivity index (χ1) is 12.4. The summed E-state index contributed by atoms with van der Waals surface area (Å²) < 4.78 is 22.8. The fourth-order valence-electron chi connectivity index (χ4n) is 2.84. The number of nitrogens with one attached hydrogen (secondary N) is 3. The van der Waals surface area contributed by atoms with Gasteiger partial charge in [0.05, 0.1) is 11.5 Å². The molecular formula is C17H29IN4O3S2. The van der Waals surface area contributed by atoms with Gasteiger partial charge in [-0.05, 0) is 30.2 Å². The van der Waals surface area contributed by atoms with Crippen LogP contribution >= 0.6 is 35.3 Å². The summed E-state index contributed by atoms with van der Waals surface area (Å²) in [6, 6.07) is 3.96. The van der Waals surface area contributed by atoms with Gasteiger partial charge in [-0.15, -0.1) is 35.3 Å². The Bertz CT molecular complexity index is 708. The lowest BCUT2D eigenvalue weighted by Gasteiger charge is -2.16. The molecule has 2 rings (SSSR count). The monoisotopic (exact) mass is 528 g/mol. The minimum absolute atomic E-state index is 0. The largest absolute Gasteiger partial charge is 0.356 e. The third-order valence-corrected chi connectivity index (χ3v) is 6.88. The maximum absolute atomic E-state index is 11.9. The van der Waals surface area contributed by atoms with Crippen molar-refractivity contribution in [2.24, 2.45) is 10.9 Å². The molecule has 154 valence electrons. The van der Waals surface area contributed by atoms with Gasteiger partial charge in [0, 0.05) is 37.5 Å². The molecule has 1 aromatic heterocycles. The first-order valence-corrected chi connectivity index (χ1v) is 11.5. The first kappa shape index (κ1) is 24.2. The first-order valence-electron chi connectivity index (χ1n) is 8.84. The van der Waals surface area contributed by atoms with Gasteiger partial charge in [-0.2, -0.15) is 0 Å². The van der Waals surface area contributed by atoms with Crippen molar-refractivity contribution in [1.29, 1.82) is 0 Å². The number of amides is 1. The molecule has 27 heavy (non-hydrogen) atoms. The van der Waals surface area contributed by atoms with Crippen LogP contribution in [0.1, 0.15) is 24.6 Å². The average molecular weight is 528 g/mol. The maximum Gasteiger partial charge on any atom is 0.222 e. The number of carbonyl (C=O) groups is 1. The van der Waals surface area contributed by atoms with Gasteiger partial charge in [-0.3, -0.25) is 9.79 Å².